The lowest BCUT2D eigenvalue weighted by Gasteiger charge is -2.30. The van der Waals surface area contributed by atoms with Crippen molar-refractivity contribution >= 4 is 5.91 Å². The Labute approximate surface area is 117 Å². The number of amides is 1. The first kappa shape index (κ1) is 17.2. The third-order valence-electron chi connectivity index (χ3n) is 3.29. The number of piperidine rings is 1. The molecule has 1 rings (SSSR count). The van der Waals surface area contributed by atoms with E-state index in [0.29, 0.717) is 45.6 Å². The van der Waals surface area contributed by atoms with Gasteiger partial charge in [0.1, 0.15) is 6.54 Å². The predicted octanol–water partition coefficient (Wildman–Crippen LogP) is 1.80. The van der Waals surface area contributed by atoms with Gasteiger partial charge in [-0.1, -0.05) is 0 Å². The lowest BCUT2D eigenvalue weighted by atomic mass is 9.96. The van der Waals surface area contributed by atoms with Crippen LogP contribution in [0.5, 0.6) is 0 Å². The molecular weight excluding hydrogens is 273 g/mol. The van der Waals surface area contributed by atoms with Gasteiger partial charge in [-0.3, -0.25) is 4.79 Å². The molecule has 1 heterocycles. The van der Waals surface area contributed by atoms with Crippen molar-refractivity contribution in [3.63, 3.8) is 0 Å². The van der Waals surface area contributed by atoms with Crippen LogP contribution in [0.1, 0.15) is 26.2 Å². The summed E-state index contributed by atoms with van der Waals surface area (Å²) in [7, 11) is 0. The van der Waals surface area contributed by atoms with Gasteiger partial charge in [0.05, 0.1) is 0 Å². The number of nitrogens with one attached hydrogen (secondary N) is 1. The van der Waals surface area contributed by atoms with E-state index in [-0.39, 0.29) is 18.4 Å². The second kappa shape index (κ2) is 8.46. The molecular formula is C13H23F3N2O2. The Kier molecular flexibility index (Phi) is 7.29. The highest BCUT2D eigenvalue weighted by Crippen LogP contribution is 2.21. The van der Waals surface area contributed by atoms with E-state index in [9.17, 15) is 18.0 Å². The SMILES string of the molecule is CCOCCCN(CC(F)(F)F)C(=O)C1CCNCC1. The number of hydrogen-bond acceptors (Lipinski definition) is 3. The van der Waals surface area contributed by atoms with Gasteiger partial charge in [0.25, 0.3) is 0 Å². The molecule has 1 amide bonds. The van der Waals surface area contributed by atoms with E-state index in [0.717, 1.165) is 4.90 Å². The molecule has 1 fully saturated rings. The molecule has 0 aromatic rings. The average molecular weight is 296 g/mol. The second-order valence-corrected chi connectivity index (χ2v) is 4.95. The number of alkyl halides is 3. The molecule has 0 atom stereocenters. The largest absolute Gasteiger partial charge is 0.406 e. The van der Waals surface area contributed by atoms with Crippen LogP contribution in [0.25, 0.3) is 0 Å². The summed E-state index contributed by atoms with van der Waals surface area (Å²) in [5.74, 6) is -0.661. The molecule has 0 aromatic carbocycles. The molecule has 7 heteroatoms. The topological polar surface area (TPSA) is 41.6 Å². The summed E-state index contributed by atoms with van der Waals surface area (Å²) in [5, 5.41) is 3.10. The first-order valence-corrected chi connectivity index (χ1v) is 7.08. The number of ether oxygens (including phenoxy) is 1. The Morgan fingerprint density at radius 1 is 1.35 bits per heavy atom. The molecule has 118 valence electrons. The third kappa shape index (κ3) is 6.56. The molecule has 4 nitrogen and oxygen atoms in total. The van der Waals surface area contributed by atoms with Gasteiger partial charge in [-0.25, -0.2) is 0 Å². The van der Waals surface area contributed by atoms with Crippen molar-refractivity contribution in [1.82, 2.24) is 10.2 Å². The molecule has 0 bridgehead atoms. The summed E-state index contributed by atoms with van der Waals surface area (Å²) < 4.78 is 42.8. The van der Waals surface area contributed by atoms with E-state index in [1.165, 1.54) is 0 Å². The van der Waals surface area contributed by atoms with Gasteiger partial charge < -0.3 is 15.0 Å². The molecule has 0 unspecified atom stereocenters. The number of rotatable bonds is 7. The van der Waals surface area contributed by atoms with Crippen LogP contribution in [-0.2, 0) is 9.53 Å². The lowest BCUT2D eigenvalue weighted by molar-refractivity contribution is -0.164. The van der Waals surface area contributed by atoms with Crippen molar-refractivity contribution in [3.8, 4) is 0 Å². The van der Waals surface area contributed by atoms with Crippen LogP contribution in [0.3, 0.4) is 0 Å². The van der Waals surface area contributed by atoms with Gasteiger partial charge in [0.2, 0.25) is 5.91 Å². The van der Waals surface area contributed by atoms with Crippen LogP contribution in [-0.4, -0.2) is 56.4 Å². The molecule has 1 saturated heterocycles. The summed E-state index contributed by atoms with van der Waals surface area (Å²) in [5.41, 5.74) is 0. The molecule has 1 aliphatic rings. The standard InChI is InChI=1S/C13H23F3N2O2/c1-2-20-9-3-8-18(10-13(14,15)16)12(19)11-4-6-17-7-5-11/h11,17H,2-10H2,1H3. The quantitative estimate of drug-likeness (QED) is 0.729. The summed E-state index contributed by atoms with van der Waals surface area (Å²) in [4.78, 5) is 13.1. The van der Waals surface area contributed by atoms with Gasteiger partial charge >= 0.3 is 6.18 Å². The maximum atomic E-state index is 12.6. The van der Waals surface area contributed by atoms with Crippen molar-refractivity contribution in [2.75, 3.05) is 39.4 Å². The monoisotopic (exact) mass is 296 g/mol. The van der Waals surface area contributed by atoms with Crippen LogP contribution in [0.15, 0.2) is 0 Å². The first-order valence-electron chi connectivity index (χ1n) is 7.08. The van der Waals surface area contributed by atoms with Crippen molar-refractivity contribution in [3.05, 3.63) is 0 Å². The first-order chi connectivity index (χ1) is 9.44. The Hall–Kier alpha value is -0.820. The summed E-state index contributed by atoms with van der Waals surface area (Å²) in [6.07, 6.45) is -2.70. The van der Waals surface area contributed by atoms with E-state index in [1.807, 2.05) is 6.92 Å². The maximum Gasteiger partial charge on any atom is 0.406 e. The molecule has 0 aromatic heterocycles. The summed E-state index contributed by atoms with van der Waals surface area (Å²) in [6, 6.07) is 0. The highest BCUT2D eigenvalue weighted by molar-refractivity contribution is 5.79. The highest BCUT2D eigenvalue weighted by Gasteiger charge is 2.35. The minimum atomic E-state index is -4.35. The number of halogens is 3. The molecule has 1 N–H and O–H groups in total. The van der Waals surface area contributed by atoms with Crippen molar-refractivity contribution in [2.45, 2.75) is 32.4 Å². The summed E-state index contributed by atoms with van der Waals surface area (Å²) >= 11 is 0. The Bertz CT molecular complexity index is 292. The lowest BCUT2D eigenvalue weighted by Crippen LogP contribution is -2.45. The molecule has 0 spiro atoms. The van der Waals surface area contributed by atoms with E-state index < -0.39 is 12.7 Å². The Morgan fingerprint density at radius 3 is 2.55 bits per heavy atom. The van der Waals surface area contributed by atoms with Gasteiger partial charge in [0.15, 0.2) is 0 Å². The molecule has 1 aliphatic heterocycles. The predicted molar refractivity (Wildman–Crippen MR) is 69.3 cm³/mol. The second-order valence-electron chi connectivity index (χ2n) is 4.95. The number of carbonyl (C=O) groups excluding carboxylic acids is 1. The van der Waals surface area contributed by atoms with Gasteiger partial charge in [0, 0.05) is 25.7 Å². The zero-order valence-corrected chi connectivity index (χ0v) is 11.8. The highest BCUT2D eigenvalue weighted by atomic mass is 19.4. The number of hydrogen-bond donors (Lipinski definition) is 1. The Morgan fingerprint density at radius 2 is 2.00 bits per heavy atom. The number of carbonyl (C=O) groups is 1. The molecule has 0 radical (unpaired) electrons. The zero-order chi connectivity index (χ0) is 15.0. The van der Waals surface area contributed by atoms with Crippen LogP contribution >= 0.6 is 0 Å². The molecule has 0 aliphatic carbocycles. The fraction of sp³-hybridized carbons (Fsp3) is 0.923. The third-order valence-corrected chi connectivity index (χ3v) is 3.29. The van der Waals surface area contributed by atoms with E-state index in [2.05, 4.69) is 5.32 Å². The molecule has 0 saturated carbocycles. The van der Waals surface area contributed by atoms with Crippen LogP contribution in [0, 0.1) is 5.92 Å². The van der Waals surface area contributed by atoms with Gasteiger partial charge in [-0.2, -0.15) is 13.2 Å². The van der Waals surface area contributed by atoms with E-state index >= 15 is 0 Å². The maximum absolute atomic E-state index is 12.6. The zero-order valence-electron chi connectivity index (χ0n) is 11.8. The molecule has 20 heavy (non-hydrogen) atoms. The Balaban J connectivity index is 2.52. The minimum absolute atomic E-state index is 0.0995. The van der Waals surface area contributed by atoms with Crippen molar-refractivity contribution in [1.29, 1.82) is 0 Å². The van der Waals surface area contributed by atoms with Gasteiger partial charge in [-0.05, 0) is 39.3 Å². The van der Waals surface area contributed by atoms with Gasteiger partial charge in [-0.15, -0.1) is 0 Å². The van der Waals surface area contributed by atoms with Crippen LogP contribution < -0.4 is 5.32 Å². The van der Waals surface area contributed by atoms with E-state index in [4.69, 9.17) is 4.74 Å². The average Bonchev–Trinajstić information content (AvgIpc) is 2.41. The van der Waals surface area contributed by atoms with E-state index in [1.54, 1.807) is 0 Å². The van der Waals surface area contributed by atoms with Crippen molar-refractivity contribution in [2.24, 2.45) is 5.92 Å². The number of nitrogens with zero attached hydrogens (tertiary/aromatic N) is 1. The fourth-order valence-electron chi connectivity index (χ4n) is 2.31. The normalized spacial score (nSPS) is 17.2. The smallest absolute Gasteiger partial charge is 0.382 e. The minimum Gasteiger partial charge on any atom is -0.382 e. The fourth-order valence-corrected chi connectivity index (χ4v) is 2.31. The summed E-state index contributed by atoms with van der Waals surface area (Å²) in [6.45, 7) is 3.05. The van der Waals surface area contributed by atoms with Crippen LogP contribution in [0.4, 0.5) is 13.2 Å². The van der Waals surface area contributed by atoms with Crippen LogP contribution in [0.2, 0.25) is 0 Å². The van der Waals surface area contributed by atoms with Crippen molar-refractivity contribution < 1.29 is 22.7 Å².